The van der Waals surface area contributed by atoms with E-state index in [2.05, 4.69) is 4.72 Å². The first-order valence-corrected chi connectivity index (χ1v) is 7.87. The number of halogens is 2. The molecule has 8 heteroatoms. The molecule has 0 aliphatic carbocycles. The zero-order chi connectivity index (χ0) is 14.0. The van der Waals surface area contributed by atoms with Crippen molar-refractivity contribution in [1.29, 1.82) is 0 Å². The molecular formula is C11H10ClFN2O2S2. The predicted octanol–water partition coefficient (Wildman–Crippen LogP) is 2.80. The maximum absolute atomic E-state index is 13.0. The third kappa shape index (κ3) is 3.24. The molecule has 1 heterocycles. The van der Waals surface area contributed by atoms with Crippen LogP contribution >= 0.6 is 22.9 Å². The Morgan fingerprint density at radius 2 is 2.05 bits per heavy atom. The lowest BCUT2D eigenvalue weighted by atomic mass is 10.3. The van der Waals surface area contributed by atoms with Gasteiger partial charge in [-0.3, -0.25) is 4.72 Å². The van der Waals surface area contributed by atoms with Crippen LogP contribution in [0.2, 0.25) is 5.02 Å². The van der Waals surface area contributed by atoms with Crippen molar-refractivity contribution >= 4 is 38.6 Å². The summed E-state index contributed by atoms with van der Waals surface area (Å²) in [5.41, 5.74) is 5.63. The molecule has 4 nitrogen and oxygen atoms in total. The fourth-order valence-electron chi connectivity index (χ4n) is 1.38. The van der Waals surface area contributed by atoms with Crippen LogP contribution < -0.4 is 10.5 Å². The molecule has 19 heavy (non-hydrogen) atoms. The minimum absolute atomic E-state index is 0.144. The van der Waals surface area contributed by atoms with E-state index in [0.717, 1.165) is 22.3 Å². The van der Waals surface area contributed by atoms with Gasteiger partial charge >= 0.3 is 0 Å². The van der Waals surface area contributed by atoms with E-state index in [1.807, 2.05) is 0 Å². The third-order valence-electron chi connectivity index (χ3n) is 2.27. The van der Waals surface area contributed by atoms with Gasteiger partial charge in [0.05, 0.1) is 10.7 Å². The van der Waals surface area contributed by atoms with E-state index in [9.17, 15) is 12.8 Å². The summed E-state index contributed by atoms with van der Waals surface area (Å²) in [4.78, 5) is 0.762. The number of nitrogens with two attached hydrogens (primary N) is 1. The highest BCUT2D eigenvalue weighted by Crippen LogP contribution is 2.25. The van der Waals surface area contributed by atoms with Crippen molar-refractivity contribution in [3.8, 4) is 0 Å². The van der Waals surface area contributed by atoms with Crippen LogP contribution in [0.15, 0.2) is 34.5 Å². The summed E-state index contributed by atoms with van der Waals surface area (Å²) in [5.74, 6) is -0.605. The van der Waals surface area contributed by atoms with Crippen LogP contribution in [0.4, 0.5) is 10.1 Å². The molecule has 0 bridgehead atoms. The third-order valence-corrected chi connectivity index (χ3v) is 5.55. The van der Waals surface area contributed by atoms with Gasteiger partial charge in [0.1, 0.15) is 10.0 Å². The second-order valence-corrected chi connectivity index (χ2v) is 7.14. The Bertz CT molecular complexity index is 700. The lowest BCUT2D eigenvalue weighted by Crippen LogP contribution is -2.11. The molecule has 0 atom stereocenters. The Kier molecular flexibility index (Phi) is 4.10. The van der Waals surface area contributed by atoms with Gasteiger partial charge in [-0.25, -0.2) is 12.8 Å². The number of sulfonamides is 1. The van der Waals surface area contributed by atoms with Crippen LogP contribution in [0.3, 0.4) is 0 Å². The molecular weight excluding hydrogens is 311 g/mol. The zero-order valence-corrected chi connectivity index (χ0v) is 11.9. The summed E-state index contributed by atoms with van der Waals surface area (Å²) < 4.78 is 39.6. The van der Waals surface area contributed by atoms with Crippen molar-refractivity contribution in [2.75, 3.05) is 4.72 Å². The molecule has 1 aromatic heterocycles. The maximum atomic E-state index is 13.0. The number of anilines is 1. The van der Waals surface area contributed by atoms with Crippen molar-refractivity contribution in [2.24, 2.45) is 5.73 Å². The van der Waals surface area contributed by atoms with E-state index in [-0.39, 0.29) is 21.5 Å². The Morgan fingerprint density at radius 3 is 2.63 bits per heavy atom. The summed E-state index contributed by atoms with van der Waals surface area (Å²) in [6, 6.07) is 6.74. The highest BCUT2D eigenvalue weighted by Gasteiger charge is 2.17. The van der Waals surface area contributed by atoms with Crippen molar-refractivity contribution in [2.45, 2.75) is 10.8 Å². The van der Waals surface area contributed by atoms with Crippen molar-refractivity contribution in [3.63, 3.8) is 0 Å². The number of hydrogen-bond acceptors (Lipinski definition) is 4. The van der Waals surface area contributed by atoms with Crippen LogP contribution in [0, 0.1) is 5.82 Å². The molecule has 0 saturated heterocycles. The normalized spacial score (nSPS) is 11.5. The van der Waals surface area contributed by atoms with Gasteiger partial charge in [-0.1, -0.05) is 11.6 Å². The quantitative estimate of drug-likeness (QED) is 0.910. The first-order valence-electron chi connectivity index (χ1n) is 5.19. The van der Waals surface area contributed by atoms with E-state index in [4.69, 9.17) is 17.3 Å². The molecule has 0 spiro atoms. The Hall–Kier alpha value is -1.15. The molecule has 0 aliphatic rings. The van der Waals surface area contributed by atoms with E-state index in [0.29, 0.717) is 0 Å². The van der Waals surface area contributed by atoms with Gasteiger partial charge in [0.15, 0.2) is 0 Å². The standard InChI is InChI=1S/C11H10ClFN2O2S2/c12-9-5-7(1-3-10(9)13)15-19(16,17)11-4-2-8(6-14)18-11/h1-5,15H,6,14H2. The number of benzene rings is 1. The van der Waals surface area contributed by atoms with Crippen molar-refractivity contribution < 1.29 is 12.8 Å². The van der Waals surface area contributed by atoms with Gasteiger partial charge in [0, 0.05) is 11.4 Å². The second-order valence-electron chi connectivity index (χ2n) is 3.66. The Morgan fingerprint density at radius 1 is 1.32 bits per heavy atom. The van der Waals surface area contributed by atoms with Crippen molar-refractivity contribution in [3.05, 3.63) is 46.0 Å². The Balaban J connectivity index is 2.28. The van der Waals surface area contributed by atoms with E-state index >= 15 is 0 Å². The molecule has 2 rings (SSSR count). The first kappa shape index (κ1) is 14.3. The van der Waals surface area contributed by atoms with Crippen LogP contribution in [0.1, 0.15) is 4.88 Å². The first-order chi connectivity index (χ1) is 8.92. The number of rotatable bonds is 4. The molecule has 0 unspecified atom stereocenters. The summed E-state index contributed by atoms with van der Waals surface area (Å²) in [6.45, 7) is 0.280. The predicted molar refractivity (Wildman–Crippen MR) is 74.4 cm³/mol. The molecule has 0 fully saturated rings. The van der Waals surface area contributed by atoms with Gasteiger partial charge in [-0.2, -0.15) is 0 Å². The average molecular weight is 321 g/mol. The smallest absolute Gasteiger partial charge is 0.271 e. The van der Waals surface area contributed by atoms with E-state index < -0.39 is 15.8 Å². The fourth-order valence-corrected chi connectivity index (χ4v) is 3.84. The fraction of sp³-hybridized carbons (Fsp3) is 0.0909. The minimum atomic E-state index is -3.70. The Labute approximate surface area is 119 Å². The molecule has 1 aromatic carbocycles. The molecule has 2 aromatic rings. The zero-order valence-electron chi connectivity index (χ0n) is 9.56. The highest BCUT2D eigenvalue weighted by atomic mass is 35.5. The summed E-state index contributed by atoms with van der Waals surface area (Å²) >= 11 is 6.68. The number of thiophene rings is 1. The van der Waals surface area contributed by atoms with Crippen LogP contribution in [-0.2, 0) is 16.6 Å². The molecule has 3 N–H and O–H groups in total. The number of hydrogen-bond donors (Lipinski definition) is 2. The van der Waals surface area contributed by atoms with Crippen LogP contribution in [0.5, 0.6) is 0 Å². The molecule has 0 aliphatic heterocycles. The lowest BCUT2D eigenvalue weighted by Gasteiger charge is -2.06. The van der Waals surface area contributed by atoms with Crippen LogP contribution in [-0.4, -0.2) is 8.42 Å². The average Bonchev–Trinajstić information content (AvgIpc) is 2.83. The topological polar surface area (TPSA) is 72.2 Å². The SMILES string of the molecule is NCc1ccc(S(=O)(=O)Nc2ccc(F)c(Cl)c2)s1. The minimum Gasteiger partial charge on any atom is -0.326 e. The van der Waals surface area contributed by atoms with Crippen LogP contribution in [0.25, 0.3) is 0 Å². The van der Waals surface area contributed by atoms with E-state index in [1.165, 1.54) is 18.2 Å². The highest BCUT2D eigenvalue weighted by molar-refractivity contribution is 7.94. The van der Waals surface area contributed by atoms with Crippen molar-refractivity contribution in [1.82, 2.24) is 0 Å². The molecule has 0 amide bonds. The maximum Gasteiger partial charge on any atom is 0.271 e. The molecule has 0 radical (unpaired) electrons. The van der Waals surface area contributed by atoms with E-state index in [1.54, 1.807) is 6.07 Å². The number of nitrogens with one attached hydrogen (secondary N) is 1. The monoisotopic (exact) mass is 320 g/mol. The van der Waals surface area contributed by atoms with Gasteiger partial charge in [0.25, 0.3) is 10.0 Å². The summed E-state index contributed by atoms with van der Waals surface area (Å²) in [5, 5.41) is -0.144. The molecule has 102 valence electrons. The summed E-state index contributed by atoms with van der Waals surface area (Å²) in [6.07, 6.45) is 0. The van der Waals surface area contributed by atoms with Gasteiger partial charge in [0.2, 0.25) is 0 Å². The second kappa shape index (κ2) is 5.46. The summed E-state index contributed by atoms with van der Waals surface area (Å²) in [7, 11) is -3.70. The largest absolute Gasteiger partial charge is 0.326 e. The lowest BCUT2D eigenvalue weighted by molar-refractivity contribution is 0.603. The molecule has 0 saturated carbocycles. The van der Waals surface area contributed by atoms with Gasteiger partial charge < -0.3 is 5.73 Å². The van der Waals surface area contributed by atoms with Gasteiger partial charge in [-0.15, -0.1) is 11.3 Å². The van der Waals surface area contributed by atoms with Gasteiger partial charge in [-0.05, 0) is 30.3 Å².